The van der Waals surface area contributed by atoms with E-state index in [1.807, 2.05) is 0 Å². The lowest BCUT2D eigenvalue weighted by molar-refractivity contribution is 0.415. The summed E-state index contributed by atoms with van der Waals surface area (Å²) < 4.78 is 5.09. The summed E-state index contributed by atoms with van der Waals surface area (Å²) in [6.45, 7) is 0. The number of methoxy groups -OCH3 is 1. The maximum Gasteiger partial charge on any atom is 0.138 e. The van der Waals surface area contributed by atoms with E-state index in [1.165, 1.54) is 6.20 Å². The quantitative estimate of drug-likeness (QED) is 0.836. The van der Waals surface area contributed by atoms with Crippen LogP contribution in [0.2, 0.25) is 10.0 Å². The smallest absolute Gasteiger partial charge is 0.138 e. The highest BCUT2D eigenvalue weighted by Crippen LogP contribution is 2.34. The van der Waals surface area contributed by atoms with E-state index in [1.54, 1.807) is 19.2 Å². The number of aromatic nitrogens is 1. The van der Waals surface area contributed by atoms with Crippen LogP contribution in [0.15, 0.2) is 18.3 Å². The van der Waals surface area contributed by atoms with Crippen LogP contribution in [0.3, 0.4) is 0 Å². The van der Waals surface area contributed by atoms with Crippen molar-refractivity contribution in [3.05, 3.63) is 28.4 Å². The molecule has 0 fully saturated rings. The normalized spacial score (nSPS) is 10.6. The van der Waals surface area contributed by atoms with E-state index in [9.17, 15) is 0 Å². The summed E-state index contributed by atoms with van der Waals surface area (Å²) in [6, 6.07) is 3.42. The van der Waals surface area contributed by atoms with Gasteiger partial charge in [0.05, 0.1) is 34.6 Å². The van der Waals surface area contributed by atoms with Crippen molar-refractivity contribution < 1.29 is 4.74 Å². The third-order valence-electron chi connectivity index (χ3n) is 2.10. The van der Waals surface area contributed by atoms with Gasteiger partial charge in [-0.3, -0.25) is 4.98 Å². The highest BCUT2D eigenvalue weighted by atomic mass is 35.5. The predicted octanol–water partition coefficient (Wildman–Crippen LogP) is 3.13. The average molecular weight is 243 g/mol. The summed E-state index contributed by atoms with van der Waals surface area (Å²) in [6.07, 6.45) is 1.51. The number of nitrogens with two attached hydrogens (primary N) is 1. The molecule has 2 aromatic rings. The Bertz CT molecular complexity index is 528. The molecule has 5 heteroatoms. The first kappa shape index (κ1) is 10.3. The molecule has 0 saturated carbocycles. The van der Waals surface area contributed by atoms with Crippen molar-refractivity contribution in [2.45, 2.75) is 0 Å². The molecule has 0 amide bonds. The Labute approximate surface area is 96.8 Å². The van der Waals surface area contributed by atoms with Crippen LogP contribution in [0, 0.1) is 0 Å². The van der Waals surface area contributed by atoms with Crippen LogP contribution in [0.25, 0.3) is 10.9 Å². The third kappa shape index (κ3) is 1.68. The van der Waals surface area contributed by atoms with E-state index in [0.29, 0.717) is 27.0 Å². The van der Waals surface area contributed by atoms with Crippen LogP contribution in [0.4, 0.5) is 5.69 Å². The van der Waals surface area contributed by atoms with Crippen LogP contribution < -0.4 is 10.5 Å². The molecule has 1 aromatic heterocycles. The molecule has 1 heterocycles. The molecular weight excluding hydrogens is 235 g/mol. The molecule has 78 valence electrons. The summed E-state index contributed by atoms with van der Waals surface area (Å²) >= 11 is 12.0. The lowest BCUT2D eigenvalue weighted by atomic mass is 10.2. The number of pyridine rings is 1. The van der Waals surface area contributed by atoms with Crippen LogP contribution in [-0.4, -0.2) is 12.1 Å². The molecule has 15 heavy (non-hydrogen) atoms. The molecular formula is C10H8Cl2N2O. The van der Waals surface area contributed by atoms with Crippen LogP contribution >= 0.6 is 23.2 Å². The van der Waals surface area contributed by atoms with Gasteiger partial charge in [0.1, 0.15) is 5.75 Å². The molecule has 0 unspecified atom stereocenters. The molecule has 0 radical (unpaired) electrons. The van der Waals surface area contributed by atoms with E-state index in [0.717, 1.165) is 5.39 Å². The van der Waals surface area contributed by atoms with Gasteiger partial charge in [0.2, 0.25) is 0 Å². The predicted molar refractivity (Wildman–Crippen MR) is 62.7 cm³/mol. The largest absolute Gasteiger partial charge is 0.495 e. The summed E-state index contributed by atoms with van der Waals surface area (Å²) in [5.41, 5.74) is 6.78. The van der Waals surface area contributed by atoms with Gasteiger partial charge in [-0.25, -0.2) is 0 Å². The minimum absolute atomic E-state index is 0.438. The monoisotopic (exact) mass is 242 g/mol. The Hall–Kier alpha value is -1.19. The summed E-state index contributed by atoms with van der Waals surface area (Å²) in [5.74, 6) is 0.554. The standard InChI is InChI=1S/C10H8Cl2N2O/c1-15-9-2-5-8(3-6(9)11)14-4-7(13)10(5)12/h2-4H,13H2,1H3. The molecule has 1 aromatic carbocycles. The summed E-state index contributed by atoms with van der Waals surface area (Å²) in [4.78, 5) is 4.13. The van der Waals surface area contributed by atoms with Gasteiger partial charge in [0.15, 0.2) is 0 Å². The van der Waals surface area contributed by atoms with E-state index in [4.69, 9.17) is 33.7 Å². The van der Waals surface area contributed by atoms with E-state index in [2.05, 4.69) is 4.98 Å². The summed E-state index contributed by atoms with van der Waals surface area (Å²) in [7, 11) is 1.54. The van der Waals surface area contributed by atoms with Gasteiger partial charge in [0.25, 0.3) is 0 Å². The number of fused-ring (bicyclic) bond motifs is 1. The number of anilines is 1. The highest BCUT2D eigenvalue weighted by molar-refractivity contribution is 6.38. The van der Waals surface area contributed by atoms with Crippen molar-refractivity contribution >= 4 is 39.8 Å². The highest BCUT2D eigenvalue weighted by Gasteiger charge is 2.08. The zero-order valence-electron chi connectivity index (χ0n) is 7.92. The van der Waals surface area contributed by atoms with Gasteiger partial charge in [-0.2, -0.15) is 0 Å². The first-order valence-corrected chi connectivity index (χ1v) is 4.96. The Balaban J connectivity index is 2.82. The molecule has 0 spiro atoms. The van der Waals surface area contributed by atoms with Crippen molar-refractivity contribution in [2.24, 2.45) is 0 Å². The van der Waals surface area contributed by atoms with Gasteiger partial charge in [-0.05, 0) is 12.1 Å². The first-order chi connectivity index (χ1) is 7.13. The fourth-order valence-corrected chi connectivity index (χ4v) is 1.77. The Kier molecular flexibility index (Phi) is 2.59. The lowest BCUT2D eigenvalue weighted by Crippen LogP contribution is -1.91. The number of halogens is 2. The van der Waals surface area contributed by atoms with Crippen molar-refractivity contribution in [3.8, 4) is 5.75 Å². The molecule has 0 aliphatic heterocycles. The number of hydrogen-bond acceptors (Lipinski definition) is 3. The lowest BCUT2D eigenvalue weighted by Gasteiger charge is -2.07. The third-order valence-corrected chi connectivity index (χ3v) is 2.82. The molecule has 0 aliphatic carbocycles. The molecule has 2 rings (SSSR count). The number of hydrogen-bond donors (Lipinski definition) is 1. The SMILES string of the molecule is COc1cc2c(Cl)c(N)cnc2cc1Cl. The van der Waals surface area contributed by atoms with Gasteiger partial charge in [0, 0.05) is 5.39 Å². The fraction of sp³-hybridized carbons (Fsp3) is 0.100. The number of ether oxygens (including phenoxy) is 1. The van der Waals surface area contributed by atoms with Crippen LogP contribution in [0.5, 0.6) is 5.75 Å². The second kappa shape index (κ2) is 3.76. The molecule has 2 N–H and O–H groups in total. The Morgan fingerprint density at radius 3 is 2.73 bits per heavy atom. The number of nitrogens with zero attached hydrogens (tertiary/aromatic N) is 1. The van der Waals surface area contributed by atoms with Gasteiger partial charge >= 0.3 is 0 Å². The van der Waals surface area contributed by atoms with Crippen LogP contribution in [0.1, 0.15) is 0 Å². The first-order valence-electron chi connectivity index (χ1n) is 4.20. The van der Waals surface area contributed by atoms with Crippen molar-refractivity contribution in [2.75, 3.05) is 12.8 Å². The molecule has 0 aliphatic rings. The Morgan fingerprint density at radius 1 is 1.33 bits per heavy atom. The van der Waals surface area contributed by atoms with E-state index in [-0.39, 0.29) is 0 Å². The van der Waals surface area contributed by atoms with Crippen LogP contribution in [-0.2, 0) is 0 Å². The second-order valence-corrected chi connectivity index (χ2v) is 3.82. The maximum atomic E-state index is 6.04. The molecule has 3 nitrogen and oxygen atoms in total. The topological polar surface area (TPSA) is 48.1 Å². The number of benzene rings is 1. The van der Waals surface area contributed by atoms with Crippen molar-refractivity contribution in [1.29, 1.82) is 0 Å². The number of nitrogen functional groups attached to an aromatic ring is 1. The maximum absolute atomic E-state index is 6.04. The van der Waals surface area contributed by atoms with E-state index < -0.39 is 0 Å². The van der Waals surface area contributed by atoms with Gasteiger partial charge in [-0.1, -0.05) is 23.2 Å². The Morgan fingerprint density at radius 2 is 2.07 bits per heavy atom. The summed E-state index contributed by atoms with van der Waals surface area (Å²) in [5, 5.41) is 1.70. The fourth-order valence-electron chi connectivity index (χ4n) is 1.33. The molecule has 0 saturated heterocycles. The minimum atomic E-state index is 0.438. The zero-order chi connectivity index (χ0) is 11.0. The van der Waals surface area contributed by atoms with Crippen molar-refractivity contribution in [1.82, 2.24) is 4.98 Å². The average Bonchev–Trinajstić information content (AvgIpc) is 2.23. The zero-order valence-corrected chi connectivity index (χ0v) is 9.43. The van der Waals surface area contributed by atoms with Gasteiger partial charge in [-0.15, -0.1) is 0 Å². The number of rotatable bonds is 1. The second-order valence-electron chi connectivity index (χ2n) is 3.03. The van der Waals surface area contributed by atoms with Crippen molar-refractivity contribution in [3.63, 3.8) is 0 Å². The molecule has 0 atom stereocenters. The molecule has 0 bridgehead atoms. The van der Waals surface area contributed by atoms with E-state index >= 15 is 0 Å². The minimum Gasteiger partial charge on any atom is -0.495 e. The van der Waals surface area contributed by atoms with Gasteiger partial charge < -0.3 is 10.5 Å².